The SMILES string of the molecule is COc1cc(C)c(S(=O)(=O)N(C)CCOCC(=O)N(C)[C@@H]2CC(=O)N(C3CCN(C)CC3)C2)c(C)c1. The van der Waals surface area contributed by atoms with Crippen LogP contribution in [0.15, 0.2) is 17.0 Å². The second kappa shape index (κ2) is 11.9. The molecule has 0 bridgehead atoms. The normalized spacial score (nSPS) is 19.8. The summed E-state index contributed by atoms with van der Waals surface area (Å²) in [4.78, 5) is 31.3. The third-order valence-electron chi connectivity index (χ3n) is 7.32. The third kappa shape index (κ3) is 6.37. The number of sulfonamides is 1. The molecule has 202 valence electrons. The van der Waals surface area contributed by atoms with Crippen molar-refractivity contribution in [1.82, 2.24) is 19.0 Å². The molecule has 2 aliphatic rings. The molecule has 3 rings (SSSR count). The van der Waals surface area contributed by atoms with Crippen LogP contribution in [0.2, 0.25) is 0 Å². The first kappa shape index (κ1) is 28.4. The van der Waals surface area contributed by atoms with Crippen molar-refractivity contribution >= 4 is 21.8 Å². The molecule has 2 fully saturated rings. The monoisotopic (exact) mass is 524 g/mol. The molecule has 0 spiro atoms. The Morgan fingerprint density at radius 3 is 2.33 bits per heavy atom. The molecule has 0 aliphatic carbocycles. The zero-order valence-electron chi connectivity index (χ0n) is 22.3. The number of ether oxygens (including phenoxy) is 2. The molecule has 2 aliphatic heterocycles. The Bertz CT molecular complexity index is 1030. The highest BCUT2D eigenvalue weighted by Gasteiger charge is 2.38. The number of methoxy groups -OCH3 is 1. The fourth-order valence-electron chi connectivity index (χ4n) is 5.00. The Hall–Kier alpha value is -2.21. The summed E-state index contributed by atoms with van der Waals surface area (Å²) in [6.45, 7) is 6.00. The first-order valence-corrected chi connectivity index (χ1v) is 13.8. The predicted molar refractivity (Wildman–Crippen MR) is 137 cm³/mol. The van der Waals surface area contributed by atoms with Gasteiger partial charge in [0.25, 0.3) is 0 Å². The molecule has 1 aromatic carbocycles. The van der Waals surface area contributed by atoms with E-state index >= 15 is 0 Å². The summed E-state index contributed by atoms with van der Waals surface area (Å²) in [6, 6.07) is 3.46. The lowest BCUT2D eigenvalue weighted by Gasteiger charge is -2.35. The summed E-state index contributed by atoms with van der Waals surface area (Å²) >= 11 is 0. The number of likely N-dealkylation sites (N-methyl/N-ethyl adjacent to an activating group) is 2. The van der Waals surface area contributed by atoms with Gasteiger partial charge in [0.15, 0.2) is 0 Å². The van der Waals surface area contributed by atoms with E-state index in [0.29, 0.717) is 29.8 Å². The molecule has 2 heterocycles. The van der Waals surface area contributed by atoms with E-state index in [4.69, 9.17) is 9.47 Å². The smallest absolute Gasteiger partial charge is 0.248 e. The summed E-state index contributed by atoms with van der Waals surface area (Å²) in [7, 11) is 3.11. The van der Waals surface area contributed by atoms with Gasteiger partial charge >= 0.3 is 0 Å². The number of rotatable bonds is 10. The summed E-state index contributed by atoms with van der Waals surface area (Å²) < 4.78 is 38.2. The van der Waals surface area contributed by atoms with Gasteiger partial charge in [0.05, 0.1) is 24.7 Å². The predicted octanol–water partition coefficient (Wildman–Crippen LogP) is 1.10. The van der Waals surface area contributed by atoms with Crippen LogP contribution >= 0.6 is 0 Å². The average Bonchev–Trinajstić information content (AvgIpc) is 3.22. The van der Waals surface area contributed by atoms with Gasteiger partial charge in [-0.25, -0.2) is 8.42 Å². The molecule has 0 aromatic heterocycles. The van der Waals surface area contributed by atoms with Gasteiger partial charge in [-0.2, -0.15) is 4.31 Å². The maximum Gasteiger partial charge on any atom is 0.248 e. The lowest BCUT2D eigenvalue weighted by Crippen LogP contribution is -2.46. The van der Waals surface area contributed by atoms with Gasteiger partial charge in [-0.15, -0.1) is 0 Å². The molecule has 2 saturated heterocycles. The molecule has 1 aromatic rings. The number of aryl methyl sites for hydroxylation is 2. The Kier molecular flexibility index (Phi) is 9.37. The number of carbonyl (C=O) groups is 2. The lowest BCUT2D eigenvalue weighted by molar-refractivity contribution is -0.136. The molecule has 36 heavy (non-hydrogen) atoms. The number of benzene rings is 1. The Morgan fingerprint density at radius 2 is 1.75 bits per heavy atom. The van der Waals surface area contributed by atoms with Crippen LogP contribution in [0.25, 0.3) is 0 Å². The van der Waals surface area contributed by atoms with Crippen LogP contribution in [0.5, 0.6) is 5.75 Å². The fraction of sp³-hybridized carbons (Fsp3) is 0.680. The van der Waals surface area contributed by atoms with Crippen molar-refractivity contribution in [3.8, 4) is 5.75 Å². The zero-order valence-corrected chi connectivity index (χ0v) is 23.1. The van der Waals surface area contributed by atoms with Crippen LogP contribution in [0.1, 0.15) is 30.4 Å². The average molecular weight is 525 g/mol. The summed E-state index contributed by atoms with van der Waals surface area (Å²) in [5.74, 6) is 0.493. The number of hydrogen-bond acceptors (Lipinski definition) is 7. The summed E-state index contributed by atoms with van der Waals surface area (Å²) in [5.41, 5.74) is 1.22. The minimum atomic E-state index is -3.73. The topological polar surface area (TPSA) is 99.7 Å². The number of nitrogens with zero attached hydrogens (tertiary/aromatic N) is 4. The van der Waals surface area contributed by atoms with Crippen molar-refractivity contribution in [1.29, 1.82) is 0 Å². The molecule has 2 amide bonds. The van der Waals surface area contributed by atoms with Crippen molar-refractivity contribution in [2.75, 3.05) is 67.6 Å². The number of piperidine rings is 1. The fourth-order valence-corrected chi connectivity index (χ4v) is 6.56. The van der Waals surface area contributed by atoms with Crippen LogP contribution in [0.4, 0.5) is 0 Å². The minimum Gasteiger partial charge on any atom is -0.497 e. The highest BCUT2D eigenvalue weighted by molar-refractivity contribution is 7.89. The van der Waals surface area contributed by atoms with E-state index in [1.54, 1.807) is 45.0 Å². The van der Waals surface area contributed by atoms with Crippen LogP contribution in [0, 0.1) is 13.8 Å². The van der Waals surface area contributed by atoms with Crippen LogP contribution < -0.4 is 4.74 Å². The molecule has 0 saturated carbocycles. The van der Waals surface area contributed by atoms with E-state index in [1.807, 2.05) is 4.90 Å². The Labute approximate surface area is 215 Å². The van der Waals surface area contributed by atoms with E-state index < -0.39 is 10.0 Å². The first-order chi connectivity index (χ1) is 16.9. The molecular weight excluding hydrogens is 484 g/mol. The van der Waals surface area contributed by atoms with Crippen LogP contribution in [0.3, 0.4) is 0 Å². The quantitative estimate of drug-likeness (QED) is 0.423. The van der Waals surface area contributed by atoms with Crippen molar-refractivity contribution in [3.05, 3.63) is 23.3 Å². The van der Waals surface area contributed by atoms with Gasteiger partial charge in [0.2, 0.25) is 21.8 Å². The molecule has 11 heteroatoms. The van der Waals surface area contributed by atoms with Gasteiger partial charge < -0.3 is 24.2 Å². The van der Waals surface area contributed by atoms with E-state index in [9.17, 15) is 18.0 Å². The minimum absolute atomic E-state index is 0.0782. The molecule has 0 unspecified atom stereocenters. The van der Waals surface area contributed by atoms with Gasteiger partial charge in [-0.1, -0.05) is 0 Å². The number of likely N-dealkylation sites (tertiary alicyclic amines) is 2. The number of carbonyl (C=O) groups excluding carboxylic acids is 2. The second-order valence-corrected chi connectivity index (χ2v) is 11.9. The third-order valence-corrected chi connectivity index (χ3v) is 9.48. The summed E-state index contributed by atoms with van der Waals surface area (Å²) in [5, 5.41) is 0. The van der Waals surface area contributed by atoms with Gasteiger partial charge in [-0.3, -0.25) is 9.59 Å². The Balaban J connectivity index is 1.47. The van der Waals surface area contributed by atoms with Crippen molar-refractivity contribution in [2.45, 2.75) is 50.1 Å². The van der Waals surface area contributed by atoms with Crippen LogP contribution in [-0.2, 0) is 24.3 Å². The summed E-state index contributed by atoms with van der Waals surface area (Å²) in [6.07, 6.45) is 2.25. The largest absolute Gasteiger partial charge is 0.497 e. The van der Waals surface area contributed by atoms with Gasteiger partial charge in [0.1, 0.15) is 12.4 Å². The molecule has 0 N–H and O–H groups in total. The number of hydrogen-bond donors (Lipinski definition) is 0. The molecule has 10 nitrogen and oxygen atoms in total. The molecule has 1 atom stereocenters. The first-order valence-electron chi connectivity index (χ1n) is 12.4. The van der Waals surface area contributed by atoms with Gasteiger partial charge in [0, 0.05) is 39.6 Å². The van der Waals surface area contributed by atoms with E-state index in [0.717, 1.165) is 25.9 Å². The maximum absolute atomic E-state index is 13.1. The van der Waals surface area contributed by atoms with Gasteiger partial charge in [-0.05, 0) is 70.1 Å². The number of amides is 2. The zero-order chi connectivity index (χ0) is 26.6. The standard InChI is InChI=1S/C25H40N4O6S/c1-18-13-22(34-6)14-19(2)25(18)36(32,33)27(4)11-12-35-17-24(31)28(5)21-15-23(30)29(16-21)20-7-9-26(3)10-8-20/h13-14,20-21H,7-12,15-17H2,1-6H3/t21-/m1/s1. The van der Waals surface area contributed by atoms with Crippen molar-refractivity contribution in [2.24, 2.45) is 0 Å². The van der Waals surface area contributed by atoms with E-state index in [-0.39, 0.29) is 48.6 Å². The van der Waals surface area contributed by atoms with Crippen molar-refractivity contribution in [3.63, 3.8) is 0 Å². The van der Waals surface area contributed by atoms with Crippen LogP contribution in [-0.4, -0.2) is 119 Å². The second-order valence-electron chi connectivity index (χ2n) is 9.91. The maximum atomic E-state index is 13.1. The molecule has 0 radical (unpaired) electrons. The Morgan fingerprint density at radius 1 is 1.14 bits per heavy atom. The van der Waals surface area contributed by atoms with E-state index in [1.165, 1.54) is 11.4 Å². The highest BCUT2D eigenvalue weighted by atomic mass is 32.2. The van der Waals surface area contributed by atoms with E-state index in [2.05, 4.69) is 11.9 Å². The van der Waals surface area contributed by atoms with Crippen molar-refractivity contribution < 1.29 is 27.5 Å². The lowest BCUT2D eigenvalue weighted by atomic mass is 10.0. The highest BCUT2D eigenvalue weighted by Crippen LogP contribution is 2.28. The molecular formula is C25H40N4O6S.